The zero-order valence-electron chi connectivity index (χ0n) is 7.09. The van der Waals surface area contributed by atoms with E-state index in [1.807, 2.05) is 0 Å². The first-order valence-electron chi connectivity index (χ1n) is 3.52. The summed E-state index contributed by atoms with van der Waals surface area (Å²) in [6.07, 6.45) is 0.383. The van der Waals surface area contributed by atoms with E-state index >= 15 is 0 Å². The van der Waals surface area contributed by atoms with Crippen LogP contribution in [0.1, 0.15) is 13.3 Å². The van der Waals surface area contributed by atoms with Crippen LogP contribution in [0, 0.1) is 0 Å². The number of hydrogen-bond acceptors (Lipinski definition) is 3. The first kappa shape index (κ1) is 11.2. The maximum Gasteiger partial charge on any atom is 0.328 e. The van der Waals surface area contributed by atoms with Gasteiger partial charge in [-0.05, 0) is 6.42 Å². The maximum atomic E-state index is 10.9. The number of carbonyl (C=O) groups is 2. The molecule has 5 heteroatoms. The molecule has 1 amide bonds. The summed E-state index contributed by atoms with van der Waals surface area (Å²) in [5.74, 6) is -0.429. The lowest BCUT2D eigenvalue weighted by atomic mass is 10.2. The molecule has 0 heterocycles. The molecule has 0 aromatic rings. The zero-order chi connectivity index (χ0) is 9.56. The average molecular weight is 194 g/mol. The van der Waals surface area contributed by atoms with E-state index < -0.39 is 12.0 Å². The lowest BCUT2D eigenvalue weighted by Gasteiger charge is -2.13. The van der Waals surface area contributed by atoms with Crippen LogP contribution in [0.5, 0.6) is 0 Å². The van der Waals surface area contributed by atoms with Gasteiger partial charge in [0.2, 0.25) is 5.91 Å². The second-order valence-electron chi connectivity index (χ2n) is 2.25. The third-order valence-corrected chi connectivity index (χ3v) is 1.48. The number of amides is 1. The van der Waals surface area contributed by atoms with E-state index in [0.717, 1.165) is 0 Å². The van der Waals surface area contributed by atoms with E-state index in [1.54, 1.807) is 0 Å². The molecule has 0 bridgehead atoms. The monoisotopic (exact) mass is 193 g/mol. The molecule has 0 rings (SSSR count). The van der Waals surface area contributed by atoms with Crippen molar-refractivity contribution < 1.29 is 14.3 Å². The van der Waals surface area contributed by atoms with Gasteiger partial charge >= 0.3 is 5.97 Å². The first-order chi connectivity index (χ1) is 5.61. The van der Waals surface area contributed by atoms with Crippen LogP contribution in [0.3, 0.4) is 0 Å². The Kier molecular flexibility index (Phi) is 5.45. The van der Waals surface area contributed by atoms with E-state index in [0.29, 0.717) is 12.3 Å². The summed E-state index contributed by atoms with van der Waals surface area (Å²) in [5, 5.41) is 2.43. The summed E-state index contributed by atoms with van der Waals surface area (Å²) in [4.78, 5) is 21.5. The lowest BCUT2D eigenvalue weighted by Crippen LogP contribution is -2.40. The molecule has 0 radical (unpaired) electrons. The Morgan fingerprint density at radius 3 is 2.50 bits per heavy atom. The first-order valence-corrected chi connectivity index (χ1v) is 4.06. The van der Waals surface area contributed by atoms with Crippen LogP contribution in [-0.4, -0.2) is 30.9 Å². The molecule has 70 valence electrons. The summed E-state index contributed by atoms with van der Waals surface area (Å²) in [6, 6.07) is -0.620. The SMILES string of the molecule is COC(=O)[C@H](CCCl)NC(C)=O. The van der Waals surface area contributed by atoms with Crippen molar-refractivity contribution in [3.8, 4) is 0 Å². The Hall–Kier alpha value is -0.770. The molecule has 1 N–H and O–H groups in total. The second kappa shape index (κ2) is 5.83. The van der Waals surface area contributed by atoms with E-state index in [1.165, 1.54) is 14.0 Å². The molecule has 0 fully saturated rings. The number of nitrogens with one attached hydrogen (secondary N) is 1. The van der Waals surface area contributed by atoms with Gasteiger partial charge in [0, 0.05) is 12.8 Å². The van der Waals surface area contributed by atoms with Gasteiger partial charge in [-0.2, -0.15) is 0 Å². The normalized spacial score (nSPS) is 11.9. The van der Waals surface area contributed by atoms with Gasteiger partial charge in [-0.3, -0.25) is 4.79 Å². The Morgan fingerprint density at radius 2 is 2.17 bits per heavy atom. The van der Waals surface area contributed by atoms with Crippen LogP contribution < -0.4 is 5.32 Å². The molecule has 0 saturated carbocycles. The summed E-state index contributed by atoms with van der Waals surface area (Å²) in [5.41, 5.74) is 0. The molecule has 0 aliphatic rings. The molecule has 1 atom stereocenters. The number of alkyl halides is 1. The van der Waals surface area contributed by atoms with Crippen molar-refractivity contribution in [2.45, 2.75) is 19.4 Å². The Morgan fingerprint density at radius 1 is 1.58 bits per heavy atom. The molecule has 0 aliphatic carbocycles. The summed E-state index contributed by atoms with van der Waals surface area (Å²) < 4.78 is 4.45. The van der Waals surface area contributed by atoms with Gasteiger partial charge < -0.3 is 10.1 Å². The topological polar surface area (TPSA) is 55.4 Å². The molecule has 0 spiro atoms. The summed E-state index contributed by atoms with van der Waals surface area (Å²) >= 11 is 5.42. The van der Waals surface area contributed by atoms with Gasteiger partial charge in [0.1, 0.15) is 6.04 Å². The fraction of sp³-hybridized carbons (Fsp3) is 0.714. The highest BCUT2D eigenvalue weighted by Crippen LogP contribution is 1.96. The van der Waals surface area contributed by atoms with Crippen molar-refractivity contribution in [3.63, 3.8) is 0 Å². The fourth-order valence-corrected chi connectivity index (χ4v) is 0.964. The highest BCUT2D eigenvalue weighted by atomic mass is 35.5. The van der Waals surface area contributed by atoms with E-state index in [-0.39, 0.29) is 5.91 Å². The molecule has 0 saturated heterocycles. The van der Waals surface area contributed by atoms with Gasteiger partial charge in [-0.1, -0.05) is 0 Å². The molecule has 0 aromatic carbocycles. The number of halogens is 1. The fourth-order valence-electron chi connectivity index (χ4n) is 0.746. The predicted molar refractivity (Wildman–Crippen MR) is 45.0 cm³/mol. The Labute approximate surface area is 76.2 Å². The highest BCUT2D eigenvalue weighted by molar-refractivity contribution is 6.18. The number of hydrogen-bond donors (Lipinski definition) is 1. The Bertz CT molecular complexity index is 172. The second-order valence-corrected chi connectivity index (χ2v) is 2.63. The van der Waals surface area contributed by atoms with E-state index in [9.17, 15) is 9.59 Å². The summed E-state index contributed by atoms with van der Waals surface area (Å²) in [6.45, 7) is 1.34. The zero-order valence-corrected chi connectivity index (χ0v) is 7.85. The lowest BCUT2D eigenvalue weighted by molar-refractivity contribution is -0.144. The molecule has 0 aliphatic heterocycles. The van der Waals surface area contributed by atoms with Gasteiger partial charge in [0.25, 0.3) is 0 Å². The quantitative estimate of drug-likeness (QED) is 0.516. The predicted octanol–water partition coefficient (Wildman–Crippen LogP) is 0.293. The van der Waals surface area contributed by atoms with Crippen molar-refractivity contribution >= 4 is 23.5 Å². The van der Waals surface area contributed by atoms with Crippen molar-refractivity contribution in [1.29, 1.82) is 0 Å². The van der Waals surface area contributed by atoms with Gasteiger partial charge in [-0.25, -0.2) is 4.79 Å². The third-order valence-electron chi connectivity index (χ3n) is 1.26. The summed E-state index contributed by atoms with van der Waals surface area (Å²) in [7, 11) is 1.27. The smallest absolute Gasteiger partial charge is 0.328 e. The minimum atomic E-state index is -0.620. The van der Waals surface area contributed by atoms with Crippen molar-refractivity contribution in [2.75, 3.05) is 13.0 Å². The minimum Gasteiger partial charge on any atom is -0.467 e. The number of carbonyl (C=O) groups excluding carboxylic acids is 2. The van der Waals surface area contributed by atoms with Crippen LogP contribution in [-0.2, 0) is 14.3 Å². The molecule has 12 heavy (non-hydrogen) atoms. The van der Waals surface area contributed by atoms with E-state index in [2.05, 4.69) is 10.1 Å². The Balaban J connectivity index is 4.02. The van der Waals surface area contributed by atoms with Crippen LogP contribution in [0.15, 0.2) is 0 Å². The molecule has 0 aromatic heterocycles. The standard InChI is InChI=1S/C7H12ClNO3/c1-5(10)9-6(3-4-8)7(11)12-2/h6H,3-4H2,1-2H3,(H,9,10)/t6-/m0/s1. The maximum absolute atomic E-state index is 10.9. The number of esters is 1. The van der Waals surface area contributed by atoms with E-state index in [4.69, 9.17) is 11.6 Å². The number of methoxy groups -OCH3 is 1. The van der Waals surface area contributed by atoms with Crippen LogP contribution in [0.25, 0.3) is 0 Å². The average Bonchev–Trinajstić information content (AvgIpc) is 2.01. The van der Waals surface area contributed by atoms with Gasteiger partial charge in [-0.15, -0.1) is 11.6 Å². The van der Waals surface area contributed by atoms with Crippen molar-refractivity contribution in [3.05, 3.63) is 0 Å². The highest BCUT2D eigenvalue weighted by Gasteiger charge is 2.18. The van der Waals surface area contributed by atoms with Crippen LogP contribution in [0.2, 0.25) is 0 Å². The van der Waals surface area contributed by atoms with Gasteiger partial charge in [0.05, 0.1) is 7.11 Å². The van der Waals surface area contributed by atoms with Crippen molar-refractivity contribution in [2.24, 2.45) is 0 Å². The number of ether oxygens (including phenoxy) is 1. The van der Waals surface area contributed by atoms with Gasteiger partial charge in [0.15, 0.2) is 0 Å². The van der Waals surface area contributed by atoms with Crippen LogP contribution in [0.4, 0.5) is 0 Å². The molecular formula is C7H12ClNO3. The largest absolute Gasteiger partial charge is 0.467 e. The molecular weight excluding hydrogens is 182 g/mol. The molecule has 4 nitrogen and oxygen atoms in total. The number of rotatable bonds is 4. The molecule has 0 unspecified atom stereocenters. The van der Waals surface area contributed by atoms with Crippen LogP contribution >= 0.6 is 11.6 Å². The third kappa shape index (κ3) is 4.18. The minimum absolute atomic E-state index is 0.268. The van der Waals surface area contributed by atoms with Crippen molar-refractivity contribution in [1.82, 2.24) is 5.32 Å².